The molecule has 5 N–H and O–H groups in total. The van der Waals surface area contributed by atoms with E-state index >= 15 is 0 Å². The van der Waals surface area contributed by atoms with Gasteiger partial charge in [-0.05, 0) is 24.6 Å². The Morgan fingerprint density at radius 3 is 2.38 bits per heavy atom. The summed E-state index contributed by atoms with van der Waals surface area (Å²) in [4.78, 5) is 0. The fraction of sp³-hybridized carbons (Fsp3) is 0.111. The quantitative estimate of drug-likeness (QED) is 0.324. The number of hydrogen-bond acceptors (Lipinski definition) is 3. The maximum absolute atomic E-state index is 5.76. The highest BCUT2D eigenvalue weighted by molar-refractivity contribution is 6.30. The fourth-order valence-corrected chi connectivity index (χ4v) is 1.05. The lowest BCUT2D eigenvalue weighted by molar-refractivity contribution is 0.983. The summed E-state index contributed by atoms with van der Waals surface area (Å²) in [5.41, 5.74) is 9.52. The summed E-state index contributed by atoms with van der Waals surface area (Å²) in [7, 11) is 0. The standard InChI is InChI=1S/C9H12ClN5.ClH/c1-6(14-15-9(11)13-12)7-2-4-8(10)5-3-7;/h2-5H,12H2,1H3,(H3,11,13,15);1H. The van der Waals surface area contributed by atoms with E-state index in [1.807, 2.05) is 19.1 Å². The van der Waals surface area contributed by atoms with Crippen LogP contribution in [0.4, 0.5) is 0 Å². The summed E-state index contributed by atoms with van der Waals surface area (Å²) in [5, 5.41) is 7.89. The number of nitrogens with two attached hydrogens (primary N) is 2. The van der Waals surface area contributed by atoms with Gasteiger partial charge in [0.25, 0.3) is 0 Å². The molecule has 0 spiro atoms. The van der Waals surface area contributed by atoms with Gasteiger partial charge in [-0.1, -0.05) is 23.7 Å². The Hall–Kier alpha value is -1.46. The molecular formula is C9H13Cl2N5. The zero-order chi connectivity index (χ0) is 11.3. The van der Waals surface area contributed by atoms with E-state index in [0.29, 0.717) is 5.02 Å². The number of nitrogens with zero attached hydrogens (tertiary/aromatic N) is 2. The Kier molecular flexibility index (Phi) is 6.29. The maximum atomic E-state index is 5.76. The van der Waals surface area contributed by atoms with Gasteiger partial charge < -0.3 is 11.6 Å². The largest absolute Gasteiger partial charge is 0.367 e. The summed E-state index contributed by atoms with van der Waals surface area (Å²) in [6.07, 6.45) is 0. The predicted octanol–water partition coefficient (Wildman–Crippen LogP) is 1.26. The molecule has 0 aliphatic rings. The van der Waals surface area contributed by atoms with Gasteiger partial charge >= 0.3 is 0 Å². The average molecular weight is 262 g/mol. The van der Waals surface area contributed by atoms with Crippen molar-refractivity contribution >= 4 is 35.7 Å². The van der Waals surface area contributed by atoms with E-state index in [4.69, 9.17) is 23.2 Å². The van der Waals surface area contributed by atoms with E-state index in [-0.39, 0.29) is 18.4 Å². The molecular weight excluding hydrogens is 249 g/mol. The summed E-state index contributed by atoms with van der Waals surface area (Å²) in [6, 6.07) is 7.30. The van der Waals surface area contributed by atoms with Crippen LogP contribution in [0, 0.1) is 0 Å². The van der Waals surface area contributed by atoms with Gasteiger partial charge in [0.2, 0.25) is 5.96 Å². The van der Waals surface area contributed by atoms with Crippen LogP contribution in [0.1, 0.15) is 12.5 Å². The van der Waals surface area contributed by atoms with Gasteiger partial charge in [0.15, 0.2) is 0 Å². The molecule has 0 aliphatic heterocycles. The molecule has 1 aromatic carbocycles. The average Bonchev–Trinajstić information content (AvgIpc) is 2.26. The van der Waals surface area contributed by atoms with E-state index in [0.717, 1.165) is 11.3 Å². The number of benzene rings is 1. The third kappa shape index (κ3) is 4.37. The first-order valence-electron chi connectivity index (χ1n) is 4.23. The summed E-state index contributed by atoms with van der Waals surface area (Å²) in [6.45, 7) is 1.83. The van der Waals surface area contributed by atoms with Crippen LogP contribution in [0.5, 0.6) is 0 Å². The molecule has 0 amide bonds. The van der Waals surface area contributed by atoms with Crippen LogP contribution >= 0.6 is 24.0 Å². The molecule has 88 valence electrons. The number of halogens is 2. The Morgan fingerprint density at radius 1 is 1.31 bits per heavy atom. The molecule has 1 aromatic rings. The molecule has 0 atom stereocenters. The van der Waals surface area contributed by atoms with Crippen LogP contribution in [-0.4, -0.2) is 11.7 Å². The van der Waals surface area contributed by atoms with Crippen LogP contribution in [0.2, 0.25) is 5.02 Å². The minimum Gasteiger partial charge on any atom is -0.367 e. The van der Waals surface area contributed by atoms with Crippen molar-refractivity contribution in [2.24, 2.45) is 21.8 Å². The van der Waals surface area contributed by atoms with Crippen molar-refractivity contribution in [3.8, 4) is 0 Å². The molecule has 0 fully saturated rings. The molecule has 1 rings (SSSR count). The van der Waals surface area contributed by atoms with Crippen LogP contribution in [0.15, 0.2) is 34.5 Å². The highest BCUT2D eigenvalue weighted by Gasteiger charge is 1.97. The first-order chi connectivity index (χ1) is 7.13. The van der Waals surface area contributed by atoms with Crippen molar-refractivity contribution in [3.05, 3.63) is 34.9 Å². The Labute approximate surface area is 105 Å². The van der Waals surface area contributed by atoms with E-state index in [1.54, 1.807) is 12.1 Å². The lowest BCUT2D eigenvalue weighted by atomic mass is 10.1. The summed E-state index contributed by atoms with van der Waals surface area (Å²) in [5.74, 6) is 4.99. The van der Waals surface area contributed by atoms with Crippen LogP contribution in [0.3, 0.4) is 0 Å². The lowest BCUT2D eigenvalue weighted by Gasteiger charge is -2.02. The van der Waals surface area contributed by atoms with Crippen molar-refractivity contribution in [2.75, 3.05) is 0 Å². The highest BCUT2D eigenvalue weighted by Crippen LogP contribution is 2.09. The molecule has 0 aliphatic carbocycles. The first kappa shape index (κ1) is 14.5. The molecule has 0 unspecified atom stereocenters. The third-order valence-electron chi connectivity index (χ3n) is 1.74. The summed E-state index contributed by atoms with van der Waals surface area (Å²) >= 11 is 5.76. The van der Waals surface area contributed by atoms with Gasteiger partial charge in [-0.3, -0.25) is 0 Å². The fourth-order valence-electron chi connectivity index (χ4n) is 0.926. The van der Waals surface area contributed by atoms with E-state index in [1.165, 1.54) is 0 Å². The van der Waals surface area contributed by atoms with Gasteiger partial charge in [-0.2, -0.15) is 5.10 Å². The topological polar surface area (TPSA) is 88.8 Å². The number of hydrazone groups is 2. The predicted molar refractivity (Wildman–Crippen MR) is 69.9 cm³/mol. The third-order valence-corrected chi connectivity index (χ3v) is 1.99. The second kappa shape index (κ2) is 6.92. The van der Waals surface area contributed by atoms with Gasteiger partial charge in [-0.25, -0.2) is 5.43 Å². The number of nitrogens with one attached hydrogen (secondary N) is 1. The number of hydrogen-bond donors (Lipinski definition) is 3. The normalized spacial score (nSPS) is 11.9. The molecule has 0 heterocycles. The highest BCUT2D eigenvalue weighted by atomic mass is 35.5. The second-order valence-electron chi connectivity index (χ2n) is 2.83. The van der Waals surface area contributed by atoms with Gasteiger partial charge in [0, 0.05) is 5.02 Å². The number of rotatable bonds is 2. The van der Waals surface area contributed by atoms with Crippen LogP contribution < -0.4 is 17.0 Å². The molecule has 0 radical (unpaired) electrons. The zero-order valence-electron chi connectivity index (χ0n) is 8.64. The Morgan fingerprint density at radius 2 is 1.88 bits per heavy atom. The monoisotopic (exact) mass is 261 g/mol. The Balaban J connectivity index is 0.00000225. The van der Waals surface area contributed by atoms with E-state index < -0.39 is 0 Å². The summed E-state index contributed by atoms with van der Waals surface area (Å²) < 4.78 is 0. The van der Waals surface area contributed by atoms with E-state index in [2.05, 4.69) is 15.6 Å². The second-order valence-corrected chi connectivity index (χ2v) is 3.27. The minimum atomic E-state index is 0. The molecule has 0 saturated heterocycles. The minimum absolute atomic E-state index is 0. The maximum Gasteiger partial charge on any atom is 0.231 e. The molecule has 0 aromatic heterocycles. The first-order valence-corrected chi connectivity index (χ1v) is 4.61. The Bertz CT molecular complexity index is 385. The smallest absolute Gasteiger partial charge is 0.231 e. The van der Waals surface area contributed by atoms with Gasteiger partial charge in [0.1, 0.15) is 0 Å². The van der Waals surface area contributed by atoms with Gasteiger partial charge in [0.05, 0.1) is 5.71 Å². The lowest BCUT2D eigenvalue weighted by Crippen LogP contribution is -2.29. The van der Waals surface area contributed by atoms with Crippen molar-refractivity contribution in [1.82, 2.24) is 5.43 Å². The van der Waals surface area contributed by atoms with Crippen molar-refractivity contribution in [2.45, 2.75) is 6.92 Å². The van der Waals surface area contributed by atoms with Crippen LogP contribution in [0.25, 0.3) is 0 Å². The zero-order valence-corrected chi connectivity index (χ0v) is 10.2. The molecule has 0 bridgehead atoms. The van der Waals surface area contributed by atoms with Crippen molar-refractivity contribution in [3.63, 3.8) is 0 Å². The van der Waals surface area contributed by atoms with Crippen molar-refractivity contribution in [1.29, 1.82) is 0 Å². The van der Waals surface area contributed by atoms with Gasteiger partial charge in [-0.15, -0.1) is 17.5 Å². The molecule has 5 nitrogen and oxygen atoms in total. The van der Waals surface area contributed by atoms with E-state index in [9.17, 15) is 0 Å². The molecule has 0 saturated carbocycles. The molecule has 7 heteroatoms. The van der Waals surface area contributed by atoms with Crippen molar-refractivity contribution < 1.29 is 0 Å². The number of guanidine groups is 1. The van der Waals surface area contributed by atoms with Crippen LogP contribution in [-0.2, 0) is 0 Å². The molecule has 16 heavy (non-hydrogen) atoms. The SMILES string of the molecule is CC(=NNC(N)=NN)c1ccc(Cl)cc1.Cl.